The van der Waals surface area contributed by atoms with Gasteiger partial charge in [0.2, 0.25) is 5.95 Å². The van der Waals surface area contributed by atoms with Crippen LogP contribution in [-0.2, 0) is 6.54 Å². The molecule has 146 valence electrons. The molecule has 5 aromatic rings. The normalized spacial score (nSPS) is 10.9. The Labute approximate surface area is 172 Å². The van der Waals surface area contributed by atoms with Crippen molar-refractivity contribution in [3.05, 3.63) is 101 Å². The molecule has 0 atom stereocenters. The Hall–Kier alpha value is -4.26. The van der Waals surface area contributed by atoms with Crippen LogP contribution in [0.2, 0.25) is 0 Å². The van der Waals surface area contributed by atoms with Crippen LogP contribution in [0.5, 0.6) is 0 Å². The highest BCUT2D eigenvalue weighted by atomic mass is 16.1. The number of hydrogen-bond donors (Lipinski definition) is 2. The maximum absolute atomic E-state index is 12.5. The minimum atomic E-state index is -0.202. The summed E-state index contributed by atoms with van der Waals surface area (Å²) in [5, 5.41) is 3.22. The first-order valence-electron chi connectivity index (χ1n) is 9.53. The van der Waals surface area contributed by atoms with Gasteiger partial charge in [-0.1, -0.05) is 36.4 Å². The highest BCUT2D eigenvalue weighted by Crippen LogP contribution is 2.24. The average molecular weight is 394 g/mol. The molecule has 0 unspecified atom stereocenters. The summed E-state index contributed by atoms with van der Waals surface area (Å²) in [6.07, 6.45) is 6.90. The molecule has 0 aliphatic heterocycles. The van der Waals surface area contributed by atoms with E-state index in [4.69, 9.17) is 0 Å². The number of benzene rings is 2. The van der Waals surface area contributed by atoms with Gasteiger partial charge in [-0.2, -0.15) is 0 Å². The van der Waals surface area contributed by atoms with Crippen LogP contribution in [0.25, 0.3) is 27.8 Å². The molecule has 0 saturated heterocycles. The molecule has 0 spiro atoms. The molecule has 7 nitrogen and oxygen atoms in total. The Morgan fingerprint density at radius 3 is 2.50 bits per heavy atom. The Morgan fingerprint density at radius 1 is 0.900 bits per heavy atom. The van der Waals surface area contributed by atoms with Crippen molar-refractivity contribution in [3.8, 4) is 16.8 Å². The number of rotatable bonds is 5. The van der Waals surface area contributed by atoms with Gasteiger partial charge in [0.05, 0.1) is 22.9 Å². The van der Waals surface area contributed by atoms with E-state index >= 15 is 0 Å². The van der Waals surface area contributed by atoms with Crippen molar-refractivity contribution in [1.29, 1.82) is 0 Å². The highest BCUT2D eigenvalue weighted by Gasteiger charge is 2.11. The lowest BCUT2D eigenvalue weighted by Crippen LogP contribution is -2.14. The van der Waals surface area contributed by atoms with Gasteiger partial charge in [-0.05, 0) is 35.4 Å². The van der Waals surface area contributed by atoms with Gasteiger partial charge in [0.1, 0.15) is 0 Å². The molecule has 5 rings (SSSR count). The van der Waals surface area contributed by atoms with Crippen LogP contribution in [0.15, 0.2) is 90.2 Å². The first-order valence-corrected chi connectivity index (χ1v) is 9.53. The van der Waals surface area contributed by atoms with Gasteiger partial charge >= 0.3 is 5.69 Å². The van der Waals surface area contributed by atoms with E-state index in [2.05, 4.69) is 37.4 Å². The van der Waals surface area contributed by atoms with E-state index in [1.807, 2.05) is 42.5 Å². The van der Waals surface area contributed by atoms with Crippen molar-refractivity contribution >= 4 is 17.0 Å². The minimum absolute atomic E-state index is 0.202. The average Bonchev–Trinajstić information content (AvgIpc) is 3.14. The molecule has 0 aliphatic carbocycles. The highest BCUT2D eigenvalue weighted by molar-refractivity contribution is 5.83. The number of nitrogens with one attached hydrogen (secondary N) is 2. The largest absolute Gasteiger partial charge is 0.350 e. The third kappa shape index (κ3) is 3.44. The Bertz CT molecular complexity index is 1340. The summed E-state index contributed by atoms with van der Waals surface area (Å²) in [6, 6.07) is 19.5. The number of imidazole rings is 1. The molecule has 0 fully saturated rings. The summed E-state index contributed by atoms with van der Waals surface area (Å²) in [7, 11) is 0. The Kier molecular flexibility index (Phi) is 4.53. The molecule has 7 heteroatoms. The predicted octanol–water partition coefficient (Wildman–Crippen LogP) is 3.78. The van der Waals surface area contributed by atoms with Crippen LogP contribution in [-0.4, -0.2) is 24.5 Å². The molecular weight excluding hydrogens is 376 g/mol. The first kappa shape index (κ1) is 17.8. The molecule has 3 heterocycles. The number of hydrogen-bond acceptors (Lipinski definition) is 5. The monoisotopic (exact) mass is 394 g/mol. The topological polar surface area (TPSA) is 88.5 Å². The number of nitrogens with zero attached hydrogens (tertiary/aromatic N) is 4. The van der Waals surface area contributed by atoms with E-state index in [0.717, 1.165) is 27.7 Å². The fraction of sp³-hybridized carbons (Fsp3) is 0.0435. The first-order chi connectivity index (χ1) is 14.8. The van der Waals surface area contributed by atoms with Crippen LogP contribution >= 0.6 is 0 Å². The van der Waals surface area contributed by atoms with Crippen molar-refractivity contribution in [2.45, 2.75) is 6.54 Å². The van der Waals surface area contributed by atoms with Gasteiger partial charge in [0.25, 0.3) is 0 Å². The van der Waals surface area contributed by atoms with E-state index in [-0.39, 0.29) is 5.69 Å². The van der Waals surface area contributed by atoms with E-state index in [1.54, 1.807) is 35.4 Å². The fourth-order valence-corrected chi connectivity index (χ4v) is 3.37. The van der Waals surface area contributed by atoms with Gasteiger partial charge in [0.15, 0.2) is 0 Å². The van der Waals surface area contributed by atoms with Crippen molar-refractivity contribution in [2.24, 2.45) is 0 Å². The molecule has 3 aromatic heterocycles. The van der Waals surface area contributed by atoms with Gasteiger partial charge in [-0.3, -0.25) is 9.55 Å². The lowest BCUT2D eigenvalue weighted by atomic mass is 10.1. The second kappa shape index (κ2) is 7.63. The zero-order valence-electron chi connectivity index (χ0n) is 16.0. The zero-order valence-corrected chi connectivity index (χ0v) is 16.0. The maximum Gasteiger partial charge on any atom is 0.331 e. The standard InChI is InChI=1S/C23H18N6O/c30-23-28-20-9-8-17(11-21(20)29(23)19-7-4-10-24-15-19)18-13-26-22(27-14-18)25-12-16-5-2-1-3-6-16/h1-11,13-15H,12H2,(H,28,30)(H,25,26,27). The fourth-order valence-electron chi connectivity index (χ4n) is 3.37. The van der Waals surface area contributed by atoms with Crippen molar-refractivity contribution < 1.29 is 0 Å². The number of aromatic nitrogens is 5. The molecule has 2 N–H and O–H groups in total. The van der Waals surface area contributed by atoms with Gasteiger partial charge in [-0.15, -0.1) is 0 Å². The predicted molar refractivity (Wildman–Crippen MR) is 116 cm³/mol. The second-order valence-electron chi connectivity index (χ2n) is 6.84. The van der Waals surface area contributed by atoms with Gasteiger partial charge in [0, 0.05) is 30.7 Å². The summed E-state index contributed by atoms with van der Waals surface area (Å²) in [6.45, 7) is 0.660. The molecular formula is C23H18N6O. The van der Waals surface area contributed by atoms with Crippen LogP contribution < -0.4 is 11.0 Å². The Balaban J connectivity index is 1.44. The molecule has 0 amide bonds. The number of aromatic amines is 1. The molecule has 0 bridgehead atoms. The summed E-state index contributed by atoms with van der Waals surface area (Å²) in [4.78, 5) is 28.3. The third-order valence-corrected chi connectivity index (χ3v) is 4.87. The molecule has 30 heavy (non-hydrogen) atoms. The lowest BCUT2D eigenvalue weighted by molar-refractivity contribution is 1.00. The second-order valence-corrected chi connectivity index (χ2v) is 6.84. The van der Waals surface area contributed by atoms with E-state index < -0.39 is 0 Å². The minimum Gasteiger partial charge on any atom is -0.350 e. The number of H-pyrrole nitrogens is 1. The zero-order chi connectivity index (χ0) is 20.3. The summed E-state index contributed by atoms with van der Waals surface area (Å²) < 4.78 is 1.61. The van der Waals surface area contributed by atoms with Gasteiger partial charge < -0.3 is 10.3 Å². The molecule has 2 aromatic carbocycles. The number of fused-ring (bicyclic) bond motifs is 1. The lowest BCUT2D eigenvalue weighted by Gasteiger charge is -2.07. The Morgan fingerprint density at radius 2 is 1.73 bits per heavy atom. The van der Waals surface area contributed by atoms with Crippen LogP contribution in [0, 0.1) is 0 Å². The smallest absolute Gasteiger partial charge is 0.331 e. The summed E-state index contributed by atoms with van der Waals surface area (Å²) >= 11 is 0. The molecule has 0 radical (unpaired) electrons. The third-order valence-electron chi connectivity index (χ3n) is 4.87. The van der Waals surface area contributed by atoms with E-state index in [9.17, 15) is 4.79 Å². The summed E-state index contributed by atoms with van der Waals surface area (Å²) in [5.74, 6) is 0.567. The SMILES string of the molecule is O=c1[nH]c2ccc(-c3cnc(NCc4ccccc4)nc3)cc2n1-c1cccnc1. The van der Waals surface area contributed by atoms with Crippen LogP contribution in [0.1, 0.15) is 5.56 Å². The van der Waals surface area contributed by atoms with Crippen molar-refractivity contribution in [1.82, 2.24) is 24.5 Å². The van der Waals surface area contributed by atoms with Crippen molar-refractivity contribution in [2.75, 3.05) is 5.32 Å². The van der Waals surface area contributed by atoms with Crippen LogP contribution in [0.4, 0.5) is 5.95 Å². The molecule has 0 aliphatic rings. The van der Waals surface area contributed by atoms with Crippen molar-refractivity contribution in [3.63, 3.8) is 0 Å². The van der Waals surface area contributed by atoms with E-state index in [0.29, 0.717) is 18.2 Å². The number of anilines is 1. The number of pyridine rings is 1. The van der Waals surface area contributed by atoms with Crippen LogP contribution in [0.3, 0.4) is 0 Å². The maximum atomic E-state index is 12.5. The quantitative estimate of drug-likeness (QED) is 0.474. The summed E-state index contributed by atoms with van der Waals surface area (Å²) in [5.41, 5.74) is 5.00. The van der Waals surface area contributed by atoms with E-state index in [1.165, 1.54) is 0 Å². The molecule has 0 saturated carbocycles. The van der Waals surface area contributed by atoms with Gasteiger partial charge in [-0.25, -0.2) is 14.8 Å².